The van der Waals surface area contributed by atoms with Crippen LogP contribution in [0.1, 0.15) is 20.8 Å². The molecule has 2 rings (SSSR count). The molecule has 23 heavy (non-hydrogen) atoms. The number of hydrogen-bond donors (Lipinski definition) is 0. The molecule has 0 saturated carbocycles. The first kappa shape index (κ1) is 17.7. The van der Waals surface area contributed by atoms with E-state index in [9.17, 15) is 9.59 Å². The first-order valence-corrected chi connectivity index (χ1v) is 11.4. The SMILES string of the molecule is CC(C)[C@H]([C@@H](C)C(=O)N1CCOC1=O)[Si](C)(C)c1ccccc1. The van der Waals surface area contributed by atoms with Gasteiger partial charge in [0.1, 0.15) is 6.61 Å². The summed E-state index contributed by atoms with van der Waals surface area (Å²) < 4.78 is 4.92. The molecule has 5 heteroatoms. The summed E-state index contributed by atoms with van der Waals surface area (Å²) in [6.45, 7) is 11.6. The summed E-state index contributed by atoms with van der Waals surface area (Å²) in [6, 6.07) is 10.5. The molecule has 126 valence electrons. The Morgan fingerprint density at radius 3 is 2.26 bits per heavy atom. The predicted octanol–water partition coefficient (Wildman–Crippen LogP) is 3.24. The van der Waals surface area contributed by atoms with Gasteiger partial charge in [-0.05, 0) is 11.5 Å². The van der Waals surface area contributed by atoms with E-state index in [2.05, 4.69) is 51.2 Å². The van der Waals surface area contributed by atoms with Crippen LogP contribution in [0, 0.1) is 11.8 Å². The summed E-state index contributed by atoms with van der Waals surface area (Å²) in [5.74, 6) is 0.0830. The summed E-state index contributed by atoms with van der Waals surface area (Å²) in [7, 11) is -1.87. The standard InChI is InChI=1S/C18H27NO3Si/c1-13(2)16(23(4,5)15-9-7-6-8-10-15)14(3)17(20)19-11-12-22-18(19)21/h6-10,13-14,16H,11-12H2,1-5H3/t14-,16-/m1/s1. The van der Waals surface area contributed by atoms with E-state index >= 15 is 0 Å². The Hall–Kier alpha value is -1.62. The highest BCUT2D eigenvalue weighted by molar-refractivity contribution is 6.91. The van der Waals surface area contributed by atoms with Gasteiger partial charge in [-0.15, -0.1) is 0 Å². The summed E-state index contributed by atoms with van der Waals surface area (Å²) >= 11 is 0. The molecule has 1 aliphatic heterocycles. The van der Waals surface area contributed by atoms with Crippen LogP contribution in [0.15, 0.2) is 30.3 Å². The molecule has 1 aromatic rings. The van der Waals surface area contributed by atoms with Gasteiger partial charge in [0.05, 0.1) is 14.6 Å². The summed E-state index contributed by atoms with van der Waals surface area (Å²) in [5, 5.41) is 1.35. The quantitative estimate of drug-likeness (QED) is 0.777. The van der Waals surface area contributed by atoms with Gasteiger partial charge in [0.15, 0.2) is 0 Å². The van der Waals surface area contributed by atoms with Gasteiger partial charge in [0, 0.05) is 5.92 Å². The Bertz CT molecular complexity index is 571. The molecule has 2 amide bonds. The molecule has 1 aromatic carbocycles. The lowest BCUT2D eigenvalue weighted by Gasteiger charge is -2.40. The number of imide groups is 1. The van der Waals surface area contributed by atoms with Crippen molar-refractivity contribution in [2.24, 2.45) is 11.8 Å². The molecule has 0 spiro atoms. The Morgan fingerprint density at radius 1 is 1.17 bits per heavy atom. The van der Waals surface area contributed by atoms with Gasteiger partial charge >= 0.3 is 6.09 Å². The molecule has 2 atom stereocenters. The minimum atomic E-state index is -1.87. The molecule has 1 aliphatic rings. The monoisotopic (exact) mass is 333 g/mol. The minimum Gasteiger partial charge on any atom is -0.447 e. The van der Waals surface area contributed by atoms with Crippen molar-refractivity contribution in [3.63, 3.8) is 0 Å². The average Bonchev–Trinajstić information content (AvgIpc) is 2.92. The van der Waals surface area contributed by atoms with Gasteiger partial charge in [-0.1, -0.05) is 69.4 Å². The molecule has 1 heterocycles. The zero-order valence-electron chi connectivity index (χ0n) is 14.7. The number of hydrogen-bond acceptors (Lipinski definition) is 3. The van der Waals surface area contributed by atoms with E-state index in [0.717, 1.165) is 0 Å². The summed E-state index contributed by atoms with van der Waals surface area (Å²) in [6.07, 6.45) is -0.497. The zero-order chi connectivity index (χ0) is 17.2. The highest BCUT2D eigenvalue weighted by atomic mass is 28.3. The van der Waals surface area contributed by atoms with Gasteiger partial charge in [-0.3, -0.25) is 4.79 Å². The third-order valence-corrected chi connectivity index (χ3v) is 9.68. The first-order chi connectivity index (χ1) is 10.8. The van der Waals surface area contributed by atoms with Crippen LogP contribution < -0.4 is 5.19 Å². The maximum absolute atomic E-state index is 12.8. The number of nitrogens with zero attached hydrogens (tertiary/aromatic N) is 1. The molecule has 1 saturated heterocycles. The fourth-order valence-electron chi connectivity index (χ4n) is 4.09. The second-order valence-corrected chi connectivity index (χ2v) is 11.9. The van der Waals surface area contributed by atoms with Gasteiger partial charge in [-0.25, -0.2) is 9.69 Å². The minimum absolute atomic E-state index is 0.0947. The zero-order valence-corrected chi connectivity index (χ0v) is 15.7. The maximum Gasteiger partial charge on any atom is 0.416 e. The van der Waals surface area contributed by atoms with Crippen molar-refractivity contribution < 1.29 is 14.3 Å². The molecule has 0 aliphatic carbocycles. The normalized spacial score (nSPS) is 18.0. The van der Waals surface area contributed by atoms with E-state index in [1.165, 1.54) is 10.1 Å². The van der Waals surface area contributed by atoms with Crippen molar-refractivity contribution in [3.05, 3.63) is 30.3 Å². The number of carbonyl (C=O) groups is 2. The lowest BCUT2D eigenvalue weighted by Crippen LogP contribution is -2.52. The van der Waals surface area contributed by atoms with Crippen molar-refractivity contribution in [1.82, 2.24) is 4.90 Å². The summed E-state index contributed by atoms with van der Waals surface area (Å²) in [5.41, 5.74) is 0.255. The molecule has 4 nitrogen and oxygen atoms in total. The van der Waals surface area contributed by atoms with Crippen LogP contribution >= 0.6 is 0 Å². The molecule has 0 unspecified atom stereocenters. The van der Waals surface area contributed by atoms with Crippen LogP contribution in [0.3, 0.4) is 0 Å². The Balaban J connectivity index is 2.30. The Morgan fingerprint density at radius 2 is 1.78 bits per heavy atom. The van der Waals surface area contributed by atoms with Gasteiger partial charge in [0.2, 0.25) is 5.91 Å². The van der Waals surface area contributed by atoms with Crippen molar-refractivity contribution in [3.8, 4) is 0 Å². The highest BCUT2D eigenvalue weighted by Gasteiger charge is 2.44. The van der Waals surface area contributed by atoms with Crippen molar-refractivity contribution in [2.45, 2.75) is 39.4 Å². The van der Waals surface area contributed by atoms with Crippen molar-refractivity contribution in [2.75, 3.05) is 13.2 Å². The van der Waals surface area contributed by atoms with Gasteiger partial charge < -0.3 is 4.74 Å². The van der Waals surface area contributed by atoms with Crippen LogP contribution in [-0.2, 0) is 9.53 Å². The molecular formula is C18H27NO3Si. The second-order valence-electron chi connectivity index (χ2n) is 7.25. The molecule has 0 aromatic heterocycles. The van der Waals surface area contributed by atoms with E-state index in [0.29, 0.717) is 19.1 Å². The van der Waals surface area contributed by atoms with Crippen LogP contribution in [-0.4, -0.2) is 38.1 Å². The Kier molecular flexibility index (Phi) is 5.29. The first-order valence-electron chi connectivity index (χ1n) is 8.30. The number of rotatable bonds is 5. The van der Waals surface area contributed by atoms with E-state index in [1.807, 2.05) is 13.0 Å². The number of carbonyl (C=O) groups excluding carboxylic acids is 2. The fraction of sp³-hybridized carbons (Fsp3) is 0.556. The van der Waals surface area contributed by atoms with E-state index in [4.69, 9.17) is 4.74 Å². The lowest BCUT2D eigenvalue weighted by atomic mass is 9.96. The number of benzene rings is 1. The van der Waals surface area contributed by atoms with E-state index in [1.54, 1.807) is 0 Å². The van der Waals surface area contributed by atoms with Crippen LogP contribution in [0.2, 0.25) is 18.6 Å². The smallest absolute Gasteiger partial charge is 0.416 e. The molecular weight excluding hydrogens is 306 g/mol. The van der Waals surface area contributed by atoms with Crippen LogP contribution in [0.4, 0.5) is 4.79 Å². The third-order valence-electron chi connectivity index (χ3n) is 5.02. The summed E-state index contributed by atoms with van der Waals surface area (Å²) in [4.78, 5) is 25.8. The Labute approximate surface area is 139 Å². The molecule has 1 fully saturated rings. The predicted molar refractivity (Wildman–Crippen MR) is 94.4 cm³/mol. The van der Waals surface area contributed by atoms with Gasteiger partial charge in [0.25, 0.3) is 0 Å². The van der Waals surface area contributed by atoms with Crippen molar-refractivity contribution >= 4 is 25.3 Å². The maximum atomic E-state index is 12.8. The molecule has 0 bridgehead atoms. The van der Waals surface area contributed by atoms with Gasteiger partial charge in [-0.2, -0.15) is 0 Å². The number of amides is 2. The van der Waals surface area contributed by atoms with Crippen molar-refractivity contribution in [1.29, 1.82) is 0 Å². The number of ether oxygens (including phenoxy) is 1. The van der Waals surface area contributed by atoms with E-state index in [-0.39, 0.29) is 17.4 Å². The largest absolute Gasteiger partial charge is 0.447 e. The lowest BCUT2D eigenvalue weighted by molar-refractivity contribution is -0.131. The fourth-order valence-corrected chi connectivity index (χ4v) is 8.58. The van der Waals surface area contributed by atoms with E-state index < -0.39 is 14.2 Å². The van der Waals surface area contributed by atoms with Crippen LogP contribution in [0.5, 0.6) is 0 Å². The van der Waals surface area contributed by atoms with Crippen LogP contribution in [0.25, 0.3) is 0 Å². The second kappa shape index (κ2) is 6.87. The molecule has 0 radical (unpaired) electrons. The highest BCUT2D eigenvalue weighted by Crippen LogP contribution is 2.38. The number of cyclic esters (lactones) is 1. The molecule has 0 N–H and O–H groups in total. The average molecular weight is 334 g/mol. The third kappa shape index (κ3) is 3.49. The topological polar surface area (TPSA) is 46.6 Å².